The zero-order chi connectivity index (χ0) is 14.0. The maximum atomic E-state index is 5.48. The summed E-state index contributed by atoms with van der Waals surface area (Å²) in [6.07, 6.45) is 22.1. The number of ether oxygens (including phenoxy) is 1. The highest BCUT2D eigenvalue weighted by Gasteiger charge is 1.84. The largest absolute Gasteiger partial charge is 0.373 e. The van der Waals surface area contributed by atoms with E-state index in [9.17, 15) is 0 Å². The predicted molar refractivity (Wildman–Crippen MR) is 86.4 cm³/mol. The Kier molecular flexibility index (Phi) is 16.0. The molecule has 0 aliphatic rings. The number of allylic oxidation sites excluding steroid dienone is 4. The molecule has 0 aromatic carbocycles. The molecule has 0 unspecified atom stereocenters. The summed E-state index contributed by atoms with van der Waals surface area (Å²) in [6, 6.07) is 0. The van der Waals surface area contributed by atoms with Gasteiger partial charge in [0.05, 0.1) is 13.2 Å². The summed E-state index contributed by atoms with van der Waals surface area (Å²) in [6.45, 7) is 8.88. The van der Waals surface area contributed by atoms with Crippen LogP contribution in [0, 0.1) is 0 Å². The van der Waals surface area contributed by atoms with Crippen LogP contribution in [0.1, 0.15) is 51.4 Å². The molecule has 0 aromatic heterocycles. The molecule has 0 atom stereocenters. The van der Waals surface area contributed by atoms with Gasteiger partial charge in [-0.3, -0.25) is 0 Å². The second-order valence-electron chi connectivity index (χ2n) is 4.63. The lowest BCUT2D eigenvalue weighted by atomic mass is 10.2. The highest BCUT2D eigenvalue weighted by molar-refractivity contribution is 4.84. The summed E-state index contributed by atoms with van der Waals surface area (Å²) >= 11 is 0. The van der Waals surface area contributed by atoms with E-state index >= 15 is 0 Å². The van der Waals surface area contributed by atoms with E-state index < -0.39 is 0 Å². The quantitative estimate of drug-likeness (QED) is 0.292. The van der Waals surface area contributed by atoms with Crippen LogP contribution in [0.5, 0.6) is 0 Å². The van der Waals surface area contributed by atoms with Crippen molar-refractivity contribution < 1.29 is 4.74 Å². The van der Waals surface area contributed by atoms with Gasteiger partial charge in [0.15, 0.2) is 0 Å². The molecule has 1 heteroatoms. The Morgan fingerprint density at radius 3 is 1.42 bits per heavy atom. The fourth-order valence-electron chi connectivity index (χ4n) is 1.68. The average molecular weight is 262 g/mol. The first-order valence-electron chi connectivity index (χ1n) is 7.51. The molecule has 0 heterocycles. The first-order chi connectivity index (χ1) is 9.41. The summed E-state index contributed by atoms with van der Waals surface area (Å²) in [5.41, 5.74) is 0. The molecule has 0 radical (unpaired) electrons. The normalized spacial score (nSPS) is 11.4. The second kappa shape index (κ2) is 16.9. The van der Waals surface area contributed by atoms with Crippen LogP contribution in [-0.4, -0.2) is 13.2 Å². The van der Waals surface area contributed by atoms with Crippen molar-refractivity contribution in [1.82, 2.24) is 0 Å². The molecule has 0 aliphatic carbocycles. The van der Waals surface area contributed by atoms with Gasteiger partial charge in [-0.2, -0.15) is 0 Å². The van der Waals surface area contributed by atoms with E-state index in [1.165, 1.54) is 25.7 Å². The van der Waals surface area contributed by atoms with Gasteiger partial charge in [-0.25, -0.2) is 0 Å². The summed E-state index contributed by atoms with van der Waals surface area (Å²) in [5.74, 6) is 0. The van der Waals surface area contributed by atoms with Crippen molar-refractivity contribution in [3.05, 3.63) is 49.6 Å². The van der Waals surface area contributed by atoms with E-state index in [4.69, 9.17) is 4.74 Å². The molecule has 0 amide bonds. The maximum Gasteiger partial charge on any atom is 0.0651 e. The van der Waals surface area contributed by atoms with Gasteiger partial charge in [-0.15, -0.1) is 13.2 Å². The van der Waals surface area contributed by atoms with E-state index in [0.717, 1.165) is 38.9 Å². The third-order valence-corrected chi connectivity index (χ3v) is 2.82. The third kappa shape index (κ3) is 16.9. The Bertz CT molecular complexity index is 224. The van der Waals surface area contributed by atoms with Crippen LogP contribution >= 0.6 is 0 Å². The lowest BCUT2D eigenvalue weighted by Gasteiger charge is -1.96. The smallest absolute Gasteiger partial charge is 0.0651 e. The third-order valence-electron chi connectivity index (χ3n) is 2.82. The van der Waals surface area contributed by atoms with Gasteiger partial charge in [0.25, 0.3) is 0 Å². The van der Waals surface area contributed by atoms with Gasteiger partial charge in [-0.05, 0) is 51.4 Å². The Morgan fingerprint density at radius 1 is 0.579 bits per heavy atom. The monoisotopic (exact) mass is 262 g/mol. The molecule has 19 heavy (non-hydrogen) atoms. The molecular formula is C18H30O. The van der Waals surface area contributed by atoms with Gasteiger partial charge in [0.1, 0.15) is 0 Å². The summed E-state index contributed by atoms with van der Waals surface area (Å²) in [7, 11) is 0. The number of unbranched alkanes of at least 4 members (excludes halogenated alkanes) is 6. The molecule has 0 aromatic rings. The van der Waals surface area contributed by atoms with E-state index in [-0.39, 0.29) is 0 Å². The highest BCUT2D eigenvalue weighted by atomic mass is 16.5. The minimum absolute atomic E-state index is 0.724. The molecule has 0 rings (SSSR count). The molecule has 108 valence electrons. The molecule has 1 nitrogen and oxygen atoms in total. The first-order valence-corrected chi connectivity index (χ1v) is 7.51. The van der Waals surface area contributed by atoms with Crippen LogP contribution in [-0.2, 0) is 4.74 Å². The van der Waals surface area contributed by atoms with Crippen molar-refractivity contribution in [2.45, 2.75) is 51.4 Å². The maximum absolute atomic E-state index is 5.48. The van der Waals surface area contributed by atoms with E-state index in [1.54, 1.807) is 0 Å². The average Bonchev–Trinajstić information content (AvgIpc) is 2.43. The second-order valence-corrected chi connectivity index (χ2v) is 4.63. The van der Waals surface area contributed by atoms with Crippen LogP contribution in [0.2, 0.25) is 0 Å². The van der Waals surface area contributed by atoms with Crippen molar-refractivity contribution >= 4 is 0 Å². The van der Waals surface area contributed by atoms with E-state index in [2.05, 4.69) is 37.5 Å². The van der Waals surface area contributed by atoms with Crippen molar-refractivity contribution in [2.24, 2.45) is 0 Å². The summed E-state index contributed by atoms with van der Waals surface area (Å²) in [5, 5.41) is 0. The zero-order valence-corrected chi connectivity index (χ0v) is 12.4. The fraction of sp³-hybridized carbons (Fsp3) is 0.556. The SMILES string of the molecule is C=CCCCCC=CCOCC=CCCCCC=C. The molecule has 0 saturated heterocycles. The van der Waals surface area contributed by atoms with Crippen LogP contribution in [0.3, 0.4) is 0 Å². The van der Waals surface area contributed by atoms with Crippen LogP contribution in [0.15, 0.2) is 49.6 Å². The fourth-order valence-corrected chi connectivity index (χ4v) is 1.68. The predicted octanol–water partition coefficient (Wildman–Crippen LogP) is 5.61. The Labute approximate surface area is 119 Å². The molecule has 0 saturated carbocycles. The molecule has 0 bridgehead atoms. The van der Waals surface area contributed by atoms with Crippen molar-refractivity contribution in [2.75, 3.05) is 13.2 Å². The standard InChI is InChI=1S/C18H30O/c1-3-5-7-9-11-13-15-17-19-18-16-14-12-10-8-6-4-2/h3-4,13-16H,1-2,5-12,17-18H2. The number of rotatable bonds is 14. The Morgan fingerprint density at radius 2 is 1.00 bits per heavy atom. The van der Waals surface area contributed by atoms with Gasteiger partial charge in [0.2, 0.25) is 0 Å². The minimum Gasteiger partial charge on any atom is -0.373 e. The van der Waals surface area contributed by atoms with E-state index in [0.29, 0.717) is 0 Å². The summed E-state index contributed by atoms with van der Waals surface area (Å²) < 4.78 is 5.48. The van der Waals surface area contributed by atoms with Crippen molar-refractivity contribution in [3.8, 4) is 0 Å². The van der Waals surface area contributed by atoms with Gasteiger partial charge in [0, 0.05) is 0 Å². The zero-order valence-electron chi connectivity index (χ0n) is 12.4. The minimum atomic E-state index is 0.724. The molecule has 0 spiro atoms. The van der Waals surface area contributed by atoms with Crippen LogP contribution in [0.25, 0.3) is 0 Å². The Hall–Kier alpha value is -1.08. The van der Waals surface area contributed by atoms with Crippen molar-refractivity contribution in [1.29, 1.82) is 0 Å². The number of hydrogen-bond acceptors (Lipinski definition) is 1. The highest BCUT2D eigenvalue weighted by Crippen LogP contribution is 2.01. The van der Waals surface area contributed by atoms with Gasteiger partial charge in [-0.1, -0.05) is 36.5 Å². The molecule has 0 aliphatic heterocycles. The summed E-state index contributed by atoms with van der Waals surface area (Å²) in [4.78, 5) is 0. The Balaban J connectivity index is 3.16. The first kappa shape index (κ1) is 17.9. The van der Waals surface area contributed by atoms with Crippen LogP contribution in [0.4, 0.5) is 0 Å². The number of hydrogen-bond donors (Lipinski definition) is 0. The lowest BCUT2D eigenvalue weighted by molar-refractivity contribution is 0.193. The molecule has 0 N–H and O–H groups in total. The topological polar surface area (TPSA) is 9.23 Å². The van der Waals surface area contributed by atoms with Crippen molar-refractivity contribution in [3.63, 3.8) is 0 Å². The molecule has 0 fully saturated rings. The lowest BCUT2D eigenvalue weighted by Crippen LogP contribution is -1.90. The van der Waals surface area contributed by atoms with Crippen LogP contribution < -0.4 is 0 Å². The van der Waals surface area contributed by atoms with Gasteiger partial charge >= 0.3 is 0 Å². The van der Waals surface area contributed by atoms with Gasteiger partial charge < -0.3 is 4.74 Å². The van der Waals surface area contributed by atoms with E-state index in [1.807, 2.05) is 12.2 Å². The molecular weight excluding hydrogens is 232 g/mol.